The number of hydrogen-bond donors (Lipinski definition) is 0. The molecule has 0 N–H and O–H groups in total. The van der Waals surface area contributed by atoms with E-state index >= 15 is 0 Å². The third kappa shape index (κ3) is 3.43. The van der Waals surface area contributed by atoms with E-state index < -0.39 is 16.9 Å². The smallest absolute Gasteiger partial charge is 0.409 e. The third-order valence-electron chi connectivity index (χ3n) is 7.53. The van der Waals surface area contributed by atoms with Gasteiger partial charge in [0.1, 0.15) is 0 Å². The van der Waals surface area contributed by atoms with Crippen LogP contribution in [0, 0.1) is 38.7 Å². The molecule has 33 heavy (non-hydrogen) atoms. The van der Waals surface area contributed by atoms with Crippen LogP contribution in [0.2, 0.25) is 0 Å². The normalized spacial score (nSPS) is 31.9. The van der Waals surface area contributed by atoms with Crippen LogP contribution in [-0.4, -0.2) is 48.2 Å². The SMILES string of the molecule is C=CC12CN(C(=O)OC)[C@@H]3[C@@H](COC(=O)C(C)(C)C)[C@H]1C=C[C@@H](c1ccccc1[N+](=O)[O-])[C@@H]32. The highest BCUT2D eigenvalue weighted by molar-refractivity contribution is 5.75. The van der Waals surface area contributed by atoms with E-state index in [1.165, 1.54) is 13.2 Å². The fraction of sp³-hybridized carbons (Fsp3) is 0.520. The highest BCUT2D eigenvalue weighted by Gasteiger charge is 2.69. The van der Waals surface area contributed by atoms with Gasteiger partial charge >= 0.3 is 12.1 Å². The van der Waals surface area contributed by atoms with Gasteiger partial charge in [0.25, 0.3) is 5.69 Å². The molecule has 4 rings (SSSR count). The lowest BCUT2D eigenvalue weighted by Crippen LogP contribution is -2.49. The Hall–Kier alpha value is -3.16. The number of para-hydroxylation sites is 1. The quantitative estimate of drug-likeness (QED) is 0.284. The van der Waals surface area contributed by atoms with Gasteiger partial charge in [-0.05, 0) is 26.7 Å². The van der Waals surface area contributed by atoms with Crippen molar-refractivity contribution in [1.82, 2.24) is 4.90 Å². The van der Waals surface area contributed by atoms with E-state index in [-0.39, 0.29) is 52.9 Å². The monoisotopic (exact) mass is 454 g/mol. The number of carbonyl (C=O) groups excluding carboxylic acids is 2. The number of carbonyl (C=O) groups is 2. The van der Waals surface area contributed by atoms with Crippen LogP contribution in [0.15, 0.2) is 49.1 Å². The Bertz CT molecular complexity index is 1030. The summed E-state index contributed by atoms with van der Waals surface area (Å²) in [7, 11) is 1.34. The van der Waals surface area contributed by atoms with Gasteiger partial charge in [-0.1, -0.05) is 36.4 Å². The van der Waals surface area contributed by atoms with Crippen molar-refractivity contribution >= 4 is 17.7 Å². The van der Waals surface area contributed by atoms with Gasteiger partial charge in [0.05, 0.1) is 24.1 Å². The number of hydrogen-bond acceptors (Lipinski definition) is 6. The van der Waals surface area contributed by atoms with Crippen LogP contribution in [0.1, 0.15) is 32.3 Å². The zero-order valence-corrected chi connectivity index (χ0v) is 19.4. The summed E-state index contributed by atoms with van der Waals surface area (Å²) < 4.78 is 10.8. The molecule has 0 radical (unpaired) electrons. The fourth-order valence-corrected chi connectivity index (χ4v) is 6.15. The molecular weight excluding hydrogens is 424 g/mol. The number of nitro benzene ring substituents is 1. The minimum atomic E-state index is -0.645. The van der Waals surface area contributed by atoms with Crippen LogP contribution in [0.5, 0.6) is 0 Å². The van der Waals surface area contributed by atoms with E-state index in [1.807, 2.05) is 12.2 Å². The molecule has 1 unspecified atom stereocenters. The Morgan fingerprint density at radius 2 is 2.00 bits per heavy atom. The molecule has 6 atom stereocenters. The van der Waals surface area contributed by atoms with Gasteiger partial charge in [0, 0.05) is 47.4 Å². The van der Waals surface area contributed by atoms with Crippen molar-refractivity contribution in [2.45, 2.75) is 32.7 Å². The van der Waals surface area contributed by atoms with Gasteiger partial charge in [-0.2, -0.15) is 0 Å². The molecule has 8 heteroatoms. The maximum absolute atomic E-state index is 12.7. The molecule has 1 saturated heterocycles. The molecule has 176 valence electrons. The van der Waals surface area contributed by atoms with Crippen molar-refractivity contribution in [2.24, 2.45) is 28.6 Å². The molecule has 1 aromatic rings. The van der Waals surface area contributed by atoms with Crippen molar-refractivity contribution in [3.05, 3.63) is 64.8 Å². The summed E-state index contributed by atoms with van der Waals surface area (Å²) in [4.78, 5) is 38.3. The van der Waals surface area contributed by atoms with Gasteiger partial charge in [-0.3, -0.25) is 14.9 Å². The first-order chi connectivity index (χ1) is 15.6. The summed E-state index contributed by atoms with van der Waals surface area (Å²) in [5.41, 5.74) is -0.483. The van der Waals surface area contributed by atoms with Crippen molar-refractivity contribution in [1.29, 1.82) is 0 Å². The second-order valence-electron chi connectivity index (χ2n) is 10.2. The van der Waals surface area contributed by atoms with E-state index in [0.29, 0.717) is 12.1 Å². The summed E-state index contributed by atoms with van der Waals surface area (Å²) in [5.74, 6) is -0.919. The Morgan fingerprint density at radius 3 is 2.61 bits per heavy atom. The maximum Gasteiger partial charge on any atom is 0.409 e. The number of ether oxygens (including phenoxy) is 2. The lowest BCUT2D eigenvalue weighted by atomic mass is 9.63. The summed E-state index contributed by atoms with van der Waals surface area (Å²) >= 11 is 0. The zero-order valence-electron chi connectivity index (χ0n) is 19.4. The lowest BCUT2D eigenvalue weighted by Gasteiger charge is -2.42. The molecule has 2 aliphatic carbocycles. The number of nitrogens with zero attached hydrogens (tertiary/aromatic N) is 2. The second kappa shape index (κ2) is 8.01. The van der Waals surface area contributed by atoms with Crippen LogP contribution >= 0.6 is 0 Å². The average molecular weight is 455 g/mol. The number of esters is 1. The van der Waals surface area contributed by atoms with E-state index in [9.17, 15) is 19.7 Å². The number of likely N-dealkylation sites (tertiary alicyclic amines) is 1. The Balaban J connectivity index is 1.78. The van der Waals surface area contributed by atoms with E-state index in [2.05, 4.69) is 12.7 Å². The maximum atomic E-state index is 12.7. The number of rotatable bonds is 5. The highest BCUT2D eigenvalue weighted by atomic mass is 16.6. The number of piperidine rings is 1. The van der Waals surface area contributed by atoms with Gasteiger partial charge < -0.3 is 14.4 Å². The van der Waals surface area contributed by atoms with Crippen molar-refractivity contribution < 1.29 is 24.0 Å². The van der Waals surface area contributed by atoms with Crippen LogP contribution in [0.3, 0.4) is 0 Å². The minimum Gasteiger partial charge on any atom is -0.465 e. The van der Waals surface area contributed by atoms with Crippen LogP contribution in [0.25, 0.3) is 0 Å². The molecule has 2 fully saturated rings. The number of nitro groups is 1. The zero-order chi connectivity index (χ0) is 24.1. The van der Waals surface area contributed by atoms with Crippen LogP contribution < -0.4 is 0 Å². The van der Waals surface area contributed by atoms with Gasteiger partial charge in [0.2, 0.25) is 0 Å². The summed E-state index contributed by atoms with van der Waals surface area (Å²) in [6.45, 7) is 10.1. The summed E-state index contributed by atoms with van der Waals surface area (Å²) in [6.07, 6.45) is 5.51. The van der Waals surface area contributed by atoms with E-state index in [4.69, 9.17) is 9.47 Å². The van der Waals surface area contributed by atoms with E-state index in [0.717, 1.165) is 0 Å². The van der Waals surface area contributed by atoms with Crippen molar-refractivity contribution in [2.75, 3.05) is 20.3 Å². The first-order valence-corrected chi connectivity index (χ1v) is 11.1. The Kier molecular flexibility index (Phi) is 5.58. The number of allylic oxidation sites excluding steroid dienone is 2. The van der Waals surface area contributed by atoms with Crippen molar-refractivity contribution in [3.63, 3.8) is 0 Å². The average Bonchev–Trinajstić information content (AvgIpc) is 3.20. The fourth-order valence-electron chi connectivity index (χ4n) is 6.15. The van der Waals surface area contributed by atoms with Gasteiger partial charge in [0.15, 0.2) is 0 Å². The van der Waals surface area contributed by atoms with Crippen molar-refractivity contribution in [3.8, 4) is 0 Å². The molecule has 8 nitrogen and oxygen atoms in total. The third-order valence-corrected chi connectivity index (χ3v) is 7.53. The molecule has 1 aliphatic heterocycles. The van der Waals surface area contributed by atoms with Gasteiger partial charge in [-0.15, -0.1) is 6.58 Å². The van der Waals surface area contributed by atoms with E-state index in [1.54, 1.807) is 43.9 Å². The number of benzene rings is 1. The number of amides is 1. The minimum absolute atomic E-state index is 0.00214. The largest absolute Gasteiger partial charge is 0.465 e. The predicted molar refractivity (Wildman–Crippen MR) is 121 cm³/mol. The molecule has 1 amide bonds. The molecule has 0 spiro atoms. The Labute approximate surface area is 193 Å². The first-order valence-electron chi connectivity index (χ1n) is 11.1. The Morgan fingerprint density at radius 1 is 1.30 bits per heavy atom. The van der Waals surface area contributed by atoms with Gasteiger partial charge in [-0.25, -0.2) is 4.79 Å². The second-order valence-corrected chi connectivity index (χ2v) is 10.2. The van der Waals surface area contributed by atoms with Crippen LogP contribution in [-0.2, 0) is 14.3 Å². The standard InChI is InChI=1S/C25H30N2O6/c1-6-25-14-26(23(29)32-5)21-17(13-33-22(28)24(2,3)4)18(25)12-11-16(20(21)25)15-9-7-8-10-19(15)27(30)31/h6-12,16-18,20-21H,1,13-14H2,2-5H3/t16-,17-,18+,20-,21+,25?/m0/s1. The first kappa shape index (κ1) is 23.0. The molecule has 3 aliphatic rings. The predicted octanol–water partition coefficient (Wildman–Crippen LogP) is 4.32. The highest BCUT2D eigenvalue weighted by Crippen LogP contribution is 2.66. The lowest BCUT2D eigenvalue weighted by molar-refractivity contribution is -0.385. The molecule has 0 aromatic heterocycles. The number of methoxy groups -OCH3 is 1. The molecule has 4 bridgehead atoms. The molecule has 1 saturated carbocycles. The summed E-state index contributed by atoms with van der Waals surface area (Å²) in [5, 5.41) is 11.8. The van der Waals surface area contributed by atoms with Crippen LogP contribution in [0.4, 0.5) is 10.5 Å². The molecule has 1 heterocycles. The summed E-state index contributed by atoms with van der Waals surface area (Å²) in [6, 6.07) is 6.42. The molecular formula is C25H30N2O6. The topological polar surface area (TPSA) is 99.0 Å². The molecule has 1 aromatic carbocycles.